The Hall–Kier alpha value is -2.04. The van der Waals surface area contributed by atoms with E-state index >= 15 is 0 Å². The van der Waals surface area contributed by atoms with Crippen molar-refractivity contribution in [1.82, 2.24) is 5.32 Å². The minimum atomic E-state index is -0.226. The third-order valence-electron chi connectivity index (χ3n) is 3.38. The van der Waals surface area contributed by atoms with Gasteiger partial charge in [0.05, 0.1) is 0 Å². The highest BCUT2D eigenvalue weighted by molar-refractivity contribution is 5.94. The molecule has 0 heterocycles. The van der Waals surface area contributed by atoms with Crippen LogP contribution in [0.3, 0.4) is 0 Å². The molecule has 0 aliphatic heterocycles. The second kappa shape index (κ2) is 8.41. The van der Waals surface area contributed by atoms with Gasteiger partial charge in [0.15, 0.2) is 0 Å². The molecule has 1 rings (SSSR count). The van der Waals surface area contributed by atoms with Crippen molar-refractivity contribution in [2.45, 2.75) is 53.5 Å². The first-order chi connectivity index (χ1) is 10.3. The molecule has 0 aliphatic carbocycles. The van der Waals surface area contributed by atoms with E-state index < -0.39 is 0 Å². The molecule has 3 N–H and O–H groups in total. The van der Waals surface area contributed by atoms with Crippen LogP contribution in [0.1, 0.15) is 46.1 Å². The molecule has 0 bridgehead atoms. The van der Waals surface area contributed by atoms with Gasteiger partial charge >= 0.3 is 6.03 Å². The van der Waals surface area contributed by atoms with Crippen LogP contribution < -0.4 is 16.0 Å². The van der Waals surface area contributed by atoms with Crippen molar-refractivity contribution >= 4 is 23.3 Å². The fraction of sp³-hybridized carbons (Fsp3) is 0.529. The van der Waals surface area contributed by atoms with Gasteiger partial charge in [0.25, 0.3) is 0 Å². The Bertz CT molecular complexity index is 527. The standard InChI is InChI=1S/C17H27N3O2/c1-6-7-13(5)18-17(22)20-15-10-14(9-8-12(15)4)19-16(21)11(2)3/h8-11,13H,6-7H2,1-5H3,(H,19,21)(H2,18,20,22)/t13-/m0/s1. The lowest BCUT2D eigenvalue weighted by Gasteiger charge is -2.16. The number of amides is 3. The number of benzene rings is 1. The third kappa shape index (κ3) is 5.76. The summed E-state index contributed by atoms with van der Waals surface area (Å²) < 4.78 is 0. The number of rotatable bonds is 6. The summed E-state index contributed by atoms with van der Waals surface area (Å²) >= 11 is 0. The van der Waals surface area contributed by atoms with Gasteiger partial charge in [-0.05, 0) is 38.0 Å². The largest absolute Gasteiger partial charge is 0.335 e. The Morgan fingerprint density at radius 2 is 1.82 bits per heavy atom. The van der Waals surface area contributed by atoms with Gasteiger partial charge in [-0.3, -0.25) is 4.79 Å². The third-order valence-corrected chi connectivity index (χ3v) is 3.38. The van der Waals surface area contributed by atoms with E-state index in [1.807, 2.05) is 39.8 Å². The first kappa shape index (κ1) is 18.0. The van der Waals surface area contributed by atoms with Crippen molar-refractivity contribution in [3.63, 3.8) is 0 Å². The van der Waals surface area contributed by atoms with Crippen LogP contribution in [-0.2, 0) is 4.79 Å². The lowest BCUT2D eigenvalue weighted by atomic mass is 10.1. The monoisotopic (exact) mass is 305 g/mol. The molecule has 0 aliphatic rings. The Morgan fingerprint density at radius 1 is 1.14 bits per heavy atom. The topological polar surface area (TPSA) is 70.2 Å². The molecule has 0 fully saturated rings. The van der Waals surface area contributed by atoms with Crippen molar-refractivity contribution in [3.05, 3.63) is 23.8 Å². The fourth-order valence-corrected chi connectivity index (χ4v) is 2.01. The molecule has 0 saturated heterocycles. The molecule has 0 saturated carbocycles. The normalized spacial score (nSPS) is 11.9. The smallest absolute Gasteiger partial charge is 0.319 e. The number of hydrogen-bond donors (Lipinski definition) is 3. The second-order valence-corrected chi connectivity index (χ2v) is 5.96. The number of urea groups is 1. The van der Waals surface area contributed by atoms with Crippen LogP contribution in [-0.4, -0.2) is 18.0 Å². The molecule has 3 amide bonds. The summed E-state index contributed by atoms with van der Waals surface area (Å²) in [6.07, 6.45) is 1.97. The zero-order valence-corrected chi connectivity index (χ0v) is 14.1. The SMILES string of the molecule is CCC[C@H](C)NC(=O)Nc1cc(NC(=O)C(C)C)ccc1C. The zero-order valence-electron chi connectivity index (χ0n) is 14.1. The van der Waals surface area contributed by atoms with Crippen LogP contribution in [0.15, 0.2) is 18.2 Å². The summed E-state index contributed by atoms with van der Waals surface area (Å²) in [6, 6.07) is 5.39. The average Bonchev–Trinajstić information content (AvgIpc) is 2.42. The van der Waals surface area contributed by atoms with E-state index in [0.29, 0.717) is 11.4 Å². The molecule has 122 valence electrons. The van der Waals surface area contributed by atoms with E-state index in [0.717, 1.165) is 18.4 Å². The maximum atomic E-state index is 12.0. The van der Waals surface area contributed by atoms with E-state index in [1.54, 1.807) is 6.07 Å². The highest BCUT2D eigenvalue weighted by Crippen LogP contribution is 2.20. The zero-order chi connectivity index (χ0) is 16.7. The van der Waals surface area contributed by atoms with Crippen molar-refractivity contribution < 1.29 is 9.59 Å². The van der Waals surface area contributed by atoms with Crippen LogP contribution in [0.5, 0.6) is 0 Å². The van der Waals surface area contributed by atoms with Crippen molar-refractivity contribution in [2.24, 2.45) is 5.92 Å². The van der Waals surface area contributed by atoms with E-state index in [9.17, 15) is 9.59 Å². The van der Waals surface area contributed by atoms with Gasteiger partial charge in [0.1, 0.15) is 0 Å². The lowest BCUT2D eigenvalue weighted by Crippen LogP contribution is -2.36. The Labute approximate surface area is 132 Å². The predicted molar refractivity (Wildman–Crippen MR) is 91.2 cm³/mol. The first-order valence-electron chi connectivity index (χ1n) is 7.82. The number of carbonyl (C=O) groups excluding carboxylic acids is 2. The van der Waals surface area contributed by atoms with Crippen LogP contribution >= 0.6 is 0 Å². The fourth-order valence-electron chi connectivity index (χ4n) is 2.01. The molecular weight excluding hydrogens is 278 g/mol. The van der Waals surface area contributed by atoms with Gasteiger partial charge in [0.2, 0.25) is 5.91 Å². The van der Waals surface area contributed by atoms with E-state index in [2.05, 4.69) is 22.9 Å². The van der Waals surface area contributed by atoms with Gasteiger partial charge in [-0.25, -0.2) is 4.79 Å². The molecule has 0 spiro atoms. The van der Waals surface area contributed by atoms with Crippen molar-refractivity contribution in [3.8, 4) is 0 Å². The molecule has 22 heavy (non-hydrogen) atoms. The summed E-state index contributed by atoms with van der Waals surface area (Å²) in [5, 5.41) is 8.57. The number of aryl methyl sites for hydroxylation is 1. The molecule has 0 unspecified atom stereocenters. The van der Waals surface area contributed by atoms with E-state index in [1.165, 1.54) is 0 Å². The van der Waals surface area contributed by atoms with Gasteiger partial charge < -0.3 is 16.0 Å². The summed E-state index contributed by atoms with van der Waals surface area (Å²) in [5.74, 6) is -0.133. The molecule has 5 heteroatoms. The van der Waals surface area contributed by atoms with Crippen molar-refractivity contribution in [2.75, 3.05) is 10.6 Å². The Morgan fingerprint density at radius 3 is 2.41 bits per heavy atom. The van der Waals surface area contributed by atoms with Gasteiger partial charge in [-0.1, -0.05) is 33.3 Å². The molecule has 1 aromatic rings. The van der Waals surface area contributed by atoms with Crippen LogP contribution in [0.4, 0.5) is 16.2 Å². The Balaban J connectivity index is 2.73. The summed E-state index contributed by atoms with van der Waals surface area (Å²) in [7, 11) is 0. The quantitative estimate of drug-likeness (QED) is 0.746. The highest BCUT2D eigenvalue weighted by atomic mass is 16.2. The van der Waals surface area contributed by atoms with E-state index in [-0.39, 0.29) is 23.9 Å². The minimum absolute atomic E-state index is 0.0455. The Kier molecular flexibility index (Phi) is 6.89. The number of anilines is 2. The predicted octanol–water partition coefficient (Wildman–Crippen LogP) is 3.90. The van der Waals surface area contributed by atoms with Gasteiger partial charge in [0, 0.05) is 23.3 Å². The summed E-state index contributed by atoms with van der Waals surface area (Å²) in [6.45, 7) is 9.66. The number of carbonyl (C=O) groups is 2. The van der Waals surface area contributed by atoms with Crippen LogP contribution in [0.2, 0.25) is 0 Å². The van der Waals surface area contributed by atoms with Crippen LogP contribution in [0, 0.1) is 12.8 Å². The summed E-state index contributed by atoms with van der Waals surface area (Å²) in [4.78, 5) is 23.7. The van der Waals surface area contributed by atoms with Crippen LogP contribution in [0.25, 0.3) is 0 Å². The second-order valence-electron chi connectivity index (χ2n) is 5.96. The molecule has 1 atom stereocenters. The maximum Gasteiger partial charge on any atom is 0.319 e. The highest BCUT2D eigenvalue weighted by Gasteiger charge is 2.11. The first-order valence-corrected chi connectivity index (χ1v) is 7.82. The summed E-state index contributed by atoms with van der Waals surface area (Å²) in [5.41, 5.74) is 2.32. The van der Waals surface area contributed by atoms with Crippen molar-refractivity contribution in [1.29, 1.82) is 0 Å². The molecule has 1 aromatic carbocycles. The molecular formula is C17H27N3O2. The lowest BCUT2D eigenvalue weighted by molar-refractivity contribution is -0.118. The minimum Gasteiger partial charge on any atom is -0.335 e. The van der Waals surface area contributed by atoms with Gasteiger partial charge in [-0.15, -0.1) is 0 Å². The average molecular weight is 305 g/mol. The van der Waals surface area contributed by atoms with Gasteiger partial charge in [-0.2, -0.15) is 0 Å². The molecule has 0 radical (unpaired) electrons. The number of hydrogen-bond acceptors (Lipinski definition) is 2. The number of nitrogens with one attached hydrogen (secondary N) is 3. The van der Waals surface area contributed by atoms with E-state index in [4.69, 9.17) is 0 Å². The molecule has 0 aromatic heterocycles. The molecule has 5 nitrogen and oxygen atoms in total. The maximum absolute atomic E-state index is 12.0.